The maximum atomic E-state index is 13.5. The fourth-order valence-corrected chi connectivity index (χ4v) is 2.57. The molecule has 3 N–H and O–H groups in total. The van der Waals surface area contributed by atoms with Gasteiger partial charge in [0.25, 0.3) is 0 Å². The molecule has 1 atom stereocenters. The van der Waals surface area contributed by atoms with Gasteiger partial charge in [-0.05, 0) is 30.5 Å². The van der Waals surface area contributed by atoms with Crippen molar-refractivity contribution in [1.29, 1.82) is 0 Å². The Kier molecular flexibility index (Phi) is 7.23. The number of phenolic OH excluding ortho intramolecular Hbond substituents is 1. The summed E-state index contributed by atoms with van der Waals surface area (Å²) < 4.78 is 13.5. The third-order valence-electron chi connectivity index (χ3n) is 3.58. The van der Waals surface area contributed by atoms with Crippen LogP contribution >= 0.6 is 12.4 Å². The van der Waals surface area contributed by atoms with Gasteiger partial charge in [0.15, 0.2) is 11.6 Å². The first kappa shape index (κ1) is 17.2. The highest BCUT2D eigenvalue weighted by Crippen LogP contribution is 2.28. The molecule has 0 saturated carbocycles. The summed E-state index contributed by atoms with van der Waals surface area (Å²) in [7, 11) is 0. The van der Waals surface area contributed by atoms with E-state index in [2.05, 4.69) is 10.2 Å². The average Bonchev–Trinajstić information content (AvgIpc) is 2.44. The number of phenols is 1. The first-order valence-corrected chi connectivity index (χ1v) is 6.76. The first-order valence-electron chi connectivity index (χ1n) is 6.76. The Morgan fingerprint density at radius 3 is 2.60 bits per heavy atom. The Hall–Kier alpha value is -0.880. The minimum absolute atomic E-state index is 0. The number of aliphatic hydroxyl groups is 1. The zero-order chi connectivity index (χ0) is 13.7. The predicted molar refractivity (Wildman–Crippen MR) is 78.8 cm³/mol. The lowest BCUT2D eigenvalue weighted by atomic mass is 9.99. The molecule has 1 aromatic carbocycles. The van der Waals surface area contributed by atoms with Gasteiger partial charge in [-0.25, -0.2) is 4.39 Å². The van der Waals surface area contributed by atoms with Crippen LogP contribution in [0.4, 0.5) is 4.39 Å². The van der Waals surface area contributed by atoms with Crippen LogP contribution in [0.15, 0.2) is 18.2 Å². The topological polar surface area (TPSA) is 55.7 Å². The fourth-order valence-electron chi connectivity index (χ4n) is 2.57. The quantitative estimate of drug-likeness (QED) is 0.774. The molecule has 0 amide bonds. The van der Waals surface area contributed by atoms with Gasteiger partial charge >= 0.3 is 0 Å². The van der Waals surface area contributed by atoms with Crippen molar-refractivity contribution in [2.75, 3.05) is 32.8 Å². The van der Waals surface area contributed by atoms with E-state index in [0.717, 1.165) is 38.2 Å². The second kappa shape index (κ2) is 8.42. The Balaban J connectivity index is 0.00000200. The van der Waals surface area contributed by atoms with Gasteiger partial charge in [-0.3, -0.25) is 4.90 Å². The zero-order valence-electron chi connectivity index (χ0n) is 11.4. The molecular formula is C14H22ClFN2O2. The number of hydrogen-bond acceptors (Lipinski definition) is 4. The van der Waals surface area contributed by atoms with E-state index in [1.54, 1.807) is 6.07 Å². The van der Waals surface area contributed by atoms with Gasteiger partial charge in [0, 0.05) is 38.8 Å². The molecule has 0 aliphatic carbocycles. The molecule has 0 aromatic heterocycles. The molecular weight excluding hydrogens is 283 g/mol. The second-order valence-corrected chi connectivity index (χ2v) is 4.88. The number of nitrogens with one attached hydrogen (secondary N) is 1. The maximum Gasteiger partial charge on any atom is 0.165 e. The number of aliphatic hydroxyl groups excluding tert-OH is 1. The third-order valence-corrected chi connectivity index (χ3v) is 3.58. The van der Waals surface area contributed by atoms with Crippen LogP contribution in [0.25, 0.3) is 0 Å². The summed E-state index contributed by atoms with van der Waals surface area (Å²) in [4.78, 5) is 2.30. The molecule has 0 bridgehead atoms. The summed E-state index contributed by atoms with van der Waals surface area (Å²) in [5.41, 5.74) is 0.866. The molecule has 6 heteroatoms. The number of piperazine rings is 1. The lowest BCUT2D eigenvalue weighted by molar-refractivity contribution is 0.154. The van der Waals surface area contributed by atoms with Crippen molar-refractivity contribution >= 4 is 12.4 Å². The summed E-state index contributed by atoms with van der Waals surface area (Å²) in [6.07, 6.45) is 1.48. The van der Waals surface area contributed by atoms with Crippen molar-refractivity contribution in [1.82, 2.24) is 10.2 Å². The number of nitrogens with zero attached hydrogens (tertiary/aromatic N) is 1. The van der Waals surface area contributed by atoms with Crippen molar-refractivity contribution in [2.45, 2.75) is 18.9 Å². The lowest BCUT2D eigenvalue weighted by Gasteiger charge is -2.35. The van der Waals surface area contributed by atoms with E-state index in [1.165, 1.54) is 12.1 Å². The summed E-state index contributed by atoms with van der Waals surface area (Å²) in [5.74, 6) is -0.897. The van der Waals surface area contributed by atoms with Crippen LogP contribution in [-0.4, -0.2) is 47.9 Å². The molecule has 1 aliphatic heterocycles. The second-order valence-electron chi connectivity index (χ2n) is 4.88. The van der Waals surface area contributed by atoms with Crippen LogP contribution in [-0.2, 0) is 0 Å². The van der Waals surface area contributed by atoms with Gasteiger partial charge in [-0.15, -0.1) is 12.4 Å². The molecule has 0 radical (unpaired) electrons. The van der Waals surface area contributed by atoms with Crippen LogP contribution in [0.5, 0.6) is 5.75 Å². The lowest BCUT2D eigenvalue weighted by Crippen LogP contribution is -2.45. The maximum absolute atomic E-state index is 13.5. The van der Waals surface area contributed by atoms with E-state index < -0.39 is 5.82 Å². The Morgan fingerprint density at radius 2 is 2.00 bits per heavy atom. The van der Waals surface area contributed by atoms with Gasteiger partial charge in [0.2, 0.25) is 0 Å². The monoisotopic (exact) mass is 304 g/mol. The van der Waals surface area contributed by atoms with Gasteiger partial charge in [-0.2, -0.15) is 0 Å². The number of aromatic hydroxyl groups is 1. The summed E-state index contributed by atoms with van der Waals surface area (Å²) in [6.45, 7) is 3.83. The average molecular weight is 305 g/mol. The van der Waals surface area contributed by atoms with Crippen molar-refractivity contribution in [3.05, 3.63) is 29.6 Å². The smallest absolute Gasteiger partial charge is 0.165 e. The molecule has 20 heavy (non-hydrogen) atoms. The van der Waals surface area contributed by atoms with Crippen LogP contribution in [0, 0.1) is 5.82 Å². The molecule has 1 fully saturated rings. The van der Waals surface area contributed by atoms with Crippen LogP contribution in [0.2, 0.25) is 0 Å². The number of halogens is 2. The highest BCUT2D eigenvalue weighted by molar-refractivity contribution is 5.85. The van der Waals surface area contributed by atoms with Crippen molar-refractivity contribution in [3.8, 4) is 5.75 Å². The van der Waals surface area contributed by atoms with E-state index in [-0.39, 0.29) is 30.8 Å². The molecule has 1 aliphatic rings. The van der Waals surface area contributed by atoms with Crippen molar-refractivity contribution in [3.63, 3.8) is 0 Å². The first-order chi connectivity index (χ1) is 9.22. The van der Waals surface area contributed by atoms with Crippen LogP contribution in [0.3, 0.4) is 0 Å². The molecule has 2 rings (SSSR count). The Morgan fingerprint density at radius 1 is 1.30 bits per heavy atom. The fraction of sp³-hybridized carbons (Fsp3) is 0.571. The number of benzene rings is 1. The highest BCUT2D eigenvalue weighted by atomic mass is 35.5. The molecule has 4 nitrogen and oxygen atoms in total. The minimum Gasteiger partial charge on any atom is -0.505 e. The van der Waals surface area contributed by atoms with Gasteiger partial charge < -0.3 is 15.5 Å². The summed E-state index contributed by atoms with van der Waals surface area (Å²) >= 11 is 0. The molecule has 1 heterocycles. The third kappa shape index (κ3) is 4.31. The molecule has 114 valence electrons. The van der Waals surface area contributed by atoms with Gasteiger partial charge in [0.05, 0.1) is 0 Å². The van der Waals surface area contributed by atoms with Crippen molar-refractivity contribution in [2.24, 2.45) is 0 Å². The normalized spacial score (nSPS) is 17.5. The Labute approximate surface area is 125 Å². The van der Waals surface area contributed by atoms with E-state index in [1.807, 2.05) is 0 Å². The van der Waals surface area contributed by atoms with E-state index in [4.69, 9.17) is 5.11 Å². The van der Waals surface area contributed by atoms with E-state index in [9.17, 15) is 9.50 Å². The number of rotatable bonds is 5. The SMILES string of the molecule is Cl.OCCC[C@@H](c1ccc(O)c(F)c1)N1CCNCC1. The van der Waals surface area contributed by atoms with Crippen LogP contribution in [0.1, 0.15) is 24.4 Å². The molecule has 0 unspecified atom stereocenters. The minimum atomic E-state index is -0.582. The summed E-state index contributed by atoms with van der Waals surface area (Å²) in [5, 5.41) is 21.6. The highest BCUT2D eigenvalue weighted by Gasteiger charge is 2.22. The summed E-state index contributed by atoms with van der Waals surface area (Å²) in [6, 6.07) is 4.67. The van der Waals surface area contributed by atoms with Crippen LogP contribution < -0.4 is 5.32 Å². The molecule has 1 aromatic rings. The molecule has 1 saturated heterocycles. The largest absolute Gasteiger partial charge is 0.505 e. The standard InChI is InChI=1S/C14H21FN2O2.ClH/c15-12-10-11(3-4-14(12)19)13(2-1-9-18)17-7-5-16-6-8-17;/h3-4,10,13,16,18-19H,1-2,5-9H2;1H/t13-;/m0./s1. The van der Waals surface area contributed by atoms with E-state index >= 15 is 0 Å². The van der Waals surface area contributed by atoms with Gasteiger partial charge in [0.1, 0.15) is 0 Å². The zero-order valence-corrected chi connectivity index (χ0v) is 12.2. The Bertz CT molecular complexity index is 414. The molecule has 0 spiro atoms. The van der Waals surface area contributed by atoms with Crippen molar-refractivity contribution < 1.29 is 14.6 Å². The number of hydrogen-bond donors (Lipinski definition) is 3. The predicted octanol–water partition coefficient (Wildman–Crippen LogP) is 1.67. The van der Waals surface area contributed by atoms with Gasteiger partial charge in [-0.1, -0.05) is 6.07 Å². The van der Waals surface area contributed by atoms with E-state index in [0.29, 0.717) is 6.42 Å².